The van der Waals surface area contributed by atoms with Gasteiger partial charge in [0.15, 0.2) is 17.3 Å². The van der Waals surface area contributed by atoms with E-state index in [1.54, 1.807) is 26.6 Å². The lowest BCUT2D eigenvalue weighted by Gasteiger charge is -2.15. The van der Waals surface area contributed by atoms with E-state index in [4.69, 9.17) is 14.2 Å². The minimum absolute atomic E-state index is 0.0301. The minimum Gasteiger partial charge on any atom is -0.493 e. The molecule has 0 aliphatic carbocycles. The van der Waals surface area contributed by atoms with Crippen LogP contribution in [0.2, 0.25) is 0 Å². The fourth-order valence-corrected chi connectivity index (χ4v) is 2.67. The van der Waals surface area contributed by atoms with Crippen LogP contribution in [0.5, 0.6) is 17.4 Å². The van der Waals surface area contributed by atoms with Gasteiger partial charge in [0.2, 0.25) is 0 Å². The summed E-state index contributed by atoms with van der Waals surface area (Å²) in [5.74, 6) is 2.42. The molecule has 6 nitrogen and oxygen atoms in total. The topological polar surface area (TPSA) is 65.5 Å². The molecule has 2 aromatic rings. The van der Waals surface area contributed by atoms with Crippen molar-refractivity contribution in [2.24, 2.45) is 0 Å². The molecule has 0 saturated heterocycles. The fraction of sp³-hybridized carbons (Fsp3) is 0.375. The number of benzene rings is 1. The maximum absolute atomic E-state index is 5.65. The first kappa shape index (κ1) is 17.3. The second-order valence-electron chi connectivity index (χ2n) is 5.04. The molecular formula is C16H20BrN3O3. The van der Waals surface area contributed by atoms with Crippen molar-refractivity contribution < 1.29 is 14.2 Å². The van der Waals surface area contributed by atoms with Crippen LogP contribution in [0.15, 0.2) is 29.0 Å². The van der Waals surface area contributed by atoms with Gasteiger partial charge in [-0.3, -0.25) is 0 Å². The number of hydrogen-bond acceptors (Lipinski definition) is 6. The molecule has 0 radical (unpaired) electrons. The summed E-state index contributed by atoms with van der Waals surface area (Å²) in [4.78, 5) is 8.49. The van der Waals surface area contributed by atoms with Crippen molar-refractivity contribution in [2.45, 2.75) is 26.5 Å². The number of nitrogens with one attached hydrogen (secondary N) is 1. The second-order valence-corrected chi connectivity index (χ2v) is 5.90. The van der Waals surface area contributed by atoms with Crippen LogP contribution < -0.4 is 19.5 Å². The minimum atomic E-state index is 0.0301. The van der Waals surface area contributed by atoms with Crippen LogP contribution in [0.25, 0.3) is 0 Å². The van der Waals surface area contributed by atoms with Gasteiger partial charge in [-0.05, 0) is 47.5 Å². The Balaban J connectivity index is 2.17. The van der Waals surface area contributed by atoms with E-state index in [-0.39, 0.29) is 6.10 Å². The predicted octanol–water partition coefficient (Wildman–Crippen LogP) is 3.66. The van der Waals surface area contributed by atoms with E-state index in [0.29, 0.717) is 29.7 Å². The van der Waals surface area contributed by atoms with Crippen LogP contribution >= 0.6 is 15.9 Å². The van der Waals surface area contributed by atoms with Crippen LogP contribution in [0, 0.1) is 0 Å². The summed E-state index contributed by atoms with van der Waals surface area (Å²) in [7, 11) is 3.22. The molecular weight excluding hydrogens is 362 g/mol. The Labute approximate surface area is 144 Å². The molecule has 1 aromatic carbocycles. The lowest BCUT2D eigenvalue weighted by atomic mass is 10.2. The first-order chi connectivity index (χ1) is 11.0. The summed E-state index contributed by atoms with van der Waals surface area (Å²) in [5, 5.41) is 3.24. The van der Waals surface area contributed by atoms with E-state index >= 15 is 0 Å². The molecule has 2 rings (SSSR count). The molecule has 0 atom stereocenters. The molecule has 1 N–H and O–H groups in total. The molecule has 0 saturated carbocycles. The summed E-state index contributed by atoms with van der Waals surface area (Å²) in [6.45, 7) is 4.44. The molecule has 23 heavy (non-hydrogen) atoms. The number of aromatic nitrogens is 2. The standard InChI is InChI=1S/C16H20BrN3O3/c1-10(2)23-16-15(18-5-6-19-16)20-9-11-7-12(17)14(22-4)13(8-11)21-3/h5-8,10H,9H2,1-4H3,(H,18,20). The van der Waals surface area contributed by atoms with Gasteiger partial charge >= 0.3 is 0 Å². The Kier molecular flexibility index (Phi) is 6.04. The Morgan fingerprint density at radius 1 is 1.13 bits per heavy atom. The maximum Gasteiger partial charge on any atom is 0.257 e. The first-order valence-corrected chi connectivity index (χ1v) is 7.96. The van der Waals surface area contributed by atoms with E-state index < -0.39 is 0 Å². The van der Waals surface area contributed by atoms with E-state index in [2.05, 4.69) is 31.2 Å². The van der Waals surface area contributed by atoms with Crippen LogP contribution in [-0.4, -0.2) is 30.3 Å². The van der Waals surface area contributed by atoms with Gasteiger partial charge in [-0.2, -0.15) is 0 Å². The van der Waals surface area contributed by atoms with Crippen LogP contribution in [0.3, 0.4) is 0 Å². The highest BCUT2D eigenvalue weighted by Gasteiger charge is 2.12. The third kappa shape index (κ3) is 4.48. The number of nitrogens with zero attached hydrogens (tertiary/aromatic N) is 2. The molecule has 0 aliphatic rings. The van der Waals surface area contributed by atoms with Gasteiger partial charge in [0.05, 0.1) is 24.8 Å². The number of anilines is 1. The molecule has 0 aliphatic heterocycles. The Hall–Kier alpha value is -2.02. The summed E-state index contributed by atoms with van der Waals surface area (Å²) >= 11 is 3.49. The smallest absolute Gasteiger partial charge is 0.257 e. The molecule has 0 amide bonds. The molecule has 124 valence electrons. The molecule has 0 spiro atoms. The van der Waals surface area contributed by atoms with Gasteiger partial charge in [0.25, 0.3) is 5.88 Å². The zero-order valence-electron chi connectivity index (χ0n) is 13.6. The normalized spacial score (nSPS) is 10.5. The van der Waals surface area contributed by atoms with Crippen molar-refractivity contribution in [3.8, 4) is 17.4 Å². The van der Waals surface area contributed by atoms with Crippen molar-refractivity contribution in [3.05, 3.63) is 34.6 Å². The fourth-order valence-electron chi connectivity index (χ4n) is 2.02. The third-order valence-corrected chi connectivity index (χ3v) is 3.55. The number of rotatable bonds is 7. The van der Waals surface area contributed by atoms with Crippen LogP contribution in [-0.2, 0) is 6.54 Å². The van der Waals surface area contributed by atoms with Gasteiger partial charge in [0.1, 0.15) is 0 Å². The summed E-state index contributed by atoms with van der Waals surface area (Å²) in [6, 6.07) is 3.88. The maximum atomic E-state index is 5.65. The molecule has 0 fully saturated rings. The van der Waals surface area contributed by atoms with Gasteiger partial charge < -0.3 is 19.5 Å². The van der Waals surface area contributed by atoms with Crippen molar-refractivity contribution in [1.82, 2.24) is 9.97 Å². The van der Waals surface area contributed by atoms with E-state index in [1.165, 1.54) is 0 Å². The van der Waals surface area contributed by atoms with E-state index in [9.17, 15) is 0 Å². The zero-order chi connectivity index (χ0) is 16.8. The molecule has 0 bridgehead atoms. The lowest BCUT2D eigenvalue weighted by Crippen LogP contribution is -2.11. The van der Waals surface area contributed by atoms with Gasteiger partial charge in [-0.25, -0.2) is 9.97 Å². The van der Waals surface area contributed by atoms with Crippen LogP contribution in [0.4, 0.5) is 5.82 Å². The highest BCUT2D eigenvalue weighted by atomic mass is 79.9. The van der Waals surface area contributed by atoms with E-state index in [1.807, 2.05) is 26.0 Å². The molecule has 7 heteroatoms. The van der Waals surface area contributed by atoms with Crippen molar-refractivity contribution in [1.29, 1.82) is 0 Å². The largest absolute Gasteiger partial charge is 0.493 e. The molecule has 0 unspecified atom stereocenters. The quantitative estimate of drug-likeness (QED) is 0.789. The Bertz CT molecular complexity index is 665. The average molecular weight is 382 g/mol. The van der Waals surface area contributed by atoms with Crippen molar-refractivity contribution in [3.63, 3.8) is 0 Å². The Morgan fingerprint density at radius 2 is 1.87 bits per heavy atom. The summed E-state index contributed by atoms with van der Waals surface area (Å²) in [6.07, 6.45) is 3.26. The van der Waals surface area contributed by atoms with Crippen molar-refractivity contribution in [2.75, 3.05) is 19.5 Å². The number of methoxy groups -OCH3 is 2. The SMILES string of the molecule is COc1cc(CNc2nccnc2OC(C)C)cc(Br)c1OC. The highest BCUT2D eigenvalue weighted by molar-refractivity contribution is 9.10. The number of hydrogen-bond donors (Lipinski definition) is 1. The van der Waals surface area contributed by atoms with E-state index in [0.717, 1.165) is 10.0 Å². The number of ether oxygens (including phenoxy) is 3. The first-order valence-electron chi connectivity index (χ1n) is 7.17. The zero-order valence-corrected chi connectivity index (χ0v) is 15.2. The highest BCUT2D eigenvalue weighted by Crippen LogP contribution is 2.36. The summed E-state index contributed by atoms with van der Waals surface area (Å²) in [5.41, 5.74) is 1.01. The second kappa shape index (κ2) is 8.01. The monoisotopic (exact) mass is 381 g/mol. The molecule has 1 heterocycles. The lowest BCUT2D eigenvalue weighted by molar-refractivity contribution is 0.233. The average Bonchev–Trinajstić information content (AvgIpc) is 2.53. The predicted molar refractivity (Wildman–Crippen MR) is 92.4 cm³/mol. The summed E-state index contributed by atoms with van der Waals surface area (Å²) < 4.78 is 17.1. The number of halogens is 1. The van der Waals surface area contributed by atoms with Crippen LogP contribution in [0.1, 0.15) is 19.4 Å². The Morgan fingerprint density at radius 3 is 2.52 bits per heavy atom. The van der Waals surface area contributed by atoms with Gasteiger partial charge in [-0.15, -0.1) is 0 Å². The van der Waals surface area contributed by atoms with Gasteiger partial charge in [0, 0.05) is 18.9 Å². The van der Waals surface area contributed by atoms with Crippen molar-refractivity contribution >= 4 is 21.7 Å². The molecule has 1 aromatic heterocycles. The van der Waals surface area contributed by atoms with Gasteiger partial charge in [-0.1, -0.05) is 0 Å². The third-order valence-electron chi connectivity index (χ3n) is 2.97.